The minimum atomic E-state index is -0.118. The third-order valence-electron chi connectivity index (χ3n) is 7.42. The maximum absolute atomic E-state index is 13.3. The van der Waals surface area contributed by atoms with Crippen molar-refractivity contribution < 1.29 is 19.1 Å². The Hall–Kier alpha value is -4.02. The van der Waals surface area contributed by atoms with E-state index in [-0.39, 0.29) is 18.4 Å². The van der Waals surface area contributed by atoms with Crippen LogP contribution in [-0.2, 0) is 9.53 Å². The Balaban J connectivity index is 1.17. The van der Waals surface area contributed by atoms with E-state index in [9.17, 15) is 9.59 Å². The minimum absolute atomic E-state index is 0.0353. The fourth-order valence-electron chi connectivity index (χ4n) is 4.96. The van der Waals surface area contributed by atoms with Crippen molar-refractivity contribution in [1.82, 2.24) is 24.9 Å². The highest BCUT2D eigenvalue weighted by Crippen LogP contribution is 2.22. The summed E-state index contributed by atoms with van der Waals surface area (Å²) in [6, 6.07) is 20.8. The third kappa shape index (κ3) is 6.94. The molecule has 5 rings (SSSR count). The minimum Gasteiger partial charge on any atom is -0.497 e. The van der Waals surface area contributed by atoms with Crippen LogP contribution >= 0.6 is 0 Å². The molecule has 10 heteroatoms. The van der Waals surface area contributed by atoms with E-state index in [1.165, 1.54) is 0 Å². The molecule has 3 heterocycles. The fourth-order valence-corrected chi connectivity index (χ4v) is 4.96. The molecule has 0 spiro atoms. The molecule has 10 nitrogen and oxygen atoms in total. The van der Waals surface area contributed by atoms with Gasteiger partial charge in [-0.05, 0) is 48.5 Å². The van der Waals surface area contributed by atoms with Crippen molar-refractivity contribution >= 4 is 17.6 Å². The second kappa shape index (κ2) is 13.4. The number of nitrogens with zero attached hydrogens (tertiary/aromatic N) is 6. The van der Waals surface area contributed by atoms with Crippen LogP contribution in [0.25, 0.3) is 11.3 Å². The number of piperazine rings is 1. The lowest BCUT2D eigenvalue weighted by Crippen LogP contribution is -2.53. The highest BCUT2D eigenvalue weighted by Gasteiger charge is 2.26. The number of amides is 2. The summed E-state index contributed by atoms with van der Waals surface area (Å²) in [6.45, 7) is 6.80. The molecular weight excluding hydrogens is 508 g/mol. The van der Waals surface area contributed by atoms with Gasteiger partial charge in [-0.2, -0.15) is 0 Å². The molecule has 2 amide bonds. The maximum Gasteiger partial charge on any atom is 0.254 e. The highest BCUT2D eigenvalue weighted by atomic mass is 16.5. The molecular formula is C30H36N6O4. The first-order valence-electron chi connectivity index (χ1n) is 13.8. The average Bonchev–Trinajstić information content (AvgIpc) is 3.03. The lowest BCUT2D eigenvalue weighted by molar-refractivity contribution is -0.132. The Labute approximate surface area is 235 Å². The van der Waals surface area contributed by atoms with Gasteiger partial charge in [-0.1, -0.05) is 18.2 Å². The van der Waals surface area contributed by atoms with Crippen LogP contribution < -0.4 is 9.64 Å². The van der Waals surface area contributed by atoms with Crippen molar-refractivity contribution in [3.8, 4) is 17.0 Å². The molecule has 0 bridgehead atoms. The van der Waals surface area contributed by atoms with Gasteiger partial charge in [0.15, 0.2) is 5.82 Å². The average molecular weight is 545 g/mol. The number of anilines is 1. The van der Waals surface area contributed by atoms with Gasteiger partial charge in [-0.15, -0.1) is 10.2 Å². The molecule has 2 aliphatic heterocycles. The normalized spacial score (nSPS) is 16.0. The summed E-state index contributed by atoms with van der Waals surface area (Å²) in [5.41, 5.74) is 2.36. The van der Waals surface area contributed by atoms with E-state index < -0.39 is 0 Å². The van der Waals surface area contributed by atoms with Crippen molar-refractivity contribution in [3.05, 3.63) is 72.3 Å². The number of carbonyl (C=O) groups excluding carboxylic acids is 2. The molecule has 0 saturated carbocycles. The van der Waals surface area contributed by atoms with Crippen LogP contribution in [0, 0.1) is 0 Å². The van der Waals surface area contributed by atoms with Crippen LogP contribution in [0.15, 0.2) is 66.7 Å². The number of aromatic nitrogens is 2. The van der Waals surface area contributed by atoms with Crippen LogP contribution in [0.4, 0.5) is 5.82 Å². The van der Waals surface area contributed by atoms with Crippen LogP contribution in [0.1, 0.15) is 10.4 Å². The number of methoxy groups -OCH3 is 1. The molecule has 40 heavy (non-hydrogen) atoms. The summed E-state index contributed by atoms with van der Waals surface area (Å²) in [6.07, 6.45) is 0. The molecule has 2 aliphatic rings. The van der Waals surface area contributed by atoms with Gasteiger partial charge in [0, 0.05) is 63.5 Å². The van der Waals surface area contributed by atoms with Gasteiger partial charge >= 0.3 is 0 Å². The summed E-state index contributed by atoms with van der Waals surface area (Å²) in [5, 5.41) is 8.85. The van der Waals surface area contributed by atoms with Crippen LogP contribution in [0.5, 0.6) is 5.75 Å². The number of morpholine rings is 1. The Morgan fingerprint density at radius 3 is 2.25 bits per heavy atom. The van der Waals surface area contributed by atoms with Crippen molar-refractivity contribution in [2.45, 2.75) is 0 Å². The molecule has 3 aromatic rings. The first-order valence-corrected chi connectivity index (χ1v) is 13.8. The molecule has 0 atom stereocenters. The molecule has 210 valence electrons. The Morgan fingerprint density at radius 1 is 0.875 bits per heavy atom. The molecule has 1 aromatic heterocycles. The topological polar surface area (TPSA) is 91.3 Å². The molecule has 2 fully saturated rings. The van der Waals surface area contributed by atoms with Gasteiger partial charge in [0.1, 0.15) is 12.3 Å². The number of carbonyl (C=O) groups is 2. The van der Waals surface area contributed by atoms with E-state index >= 15 is 0 Å². The van der Waals surface area contributed by atoms with Crippen molar-refractivity contribution in [2.24, 2.45) is 0 Å². The Kier molecular flexibility index (Phi) is 9.20. The van der Waals surface area contributed by atoms with E-state index in [1.54, 1.807) is 24.1 Å². The molecule has 0 aliphatic carbocycles. The lowest BCUT2D eigenvalue weighted by atomic mass is 10.1. The monoisotopic (exact) mass is 544 g/mol. The SMILES string of the molecule is COc1ccc(-c2ccc(N3CCN(C(=O)CN(CCN4CCOCC4)C(=O)c4ccccc4)CC3)nn2)cc1. The van der Waals surface area contributed by atoms with Gasteiger partial charge in [-0.25, -0.2) is 0 Å². The van der Waals surface area contributed by atoms with Gasteiger partial charge in [0.2, 0.25) is 5.91 Å². The zero-order valence-corrected chi connectivity index (χ0v) is 22.9. The van der Waals surface area contributed by atoms with Crippen molar-refractivity contribution in [1.29, 1.82) is 0 Å². The summed E-state index contributed by atoms with van der Waals surface area (Å²) < 4.78 is 10.7. The van der Waals surface area contributed by atoms with Crippen LogP contribution in [0.2, 0.25) is 0 Å². The van der Waals surface area contributed by atoms with Crippen LogP contribution in [-0.4, -0.2) is 116 Å². The van der Waals surface area contributed by atoms with Gasteiger partial charge in [0.25, 0.3) is 5.91 Å². The first kappa shape index (κ1) is 27.5. The van der Waals surface area contributed by atoms with E-state index in [1.807, 2.05) is 59.5 Å². The highest BCUT2D eigenvalue weighted by molar-refractivity contribution is 5.96. The molecule has 2 aromatic carbocycles. The summed E-state index contributed by atoms with van der Waals surface area (Å²) in [4.78, 5) is 34.6. The van der Waals surface area contributed by atoms with Gasteiger partial charge < -0.3 is 24.2 Å². The van der Waals surface area contributed by atoms with E-state index in [0.717, 1.165) is 35.9 Å². The smallest absolute Gasteiger partial charge is 0.254 e. The quantitative estimate of drug-likeness (QED) is 0.405. The van der Waals surface area contributed by atoms with E-state index in [2.05, 4.69) is 20.0 Å². The number of benzene rings is 2. The number of rotatable bonds is 9. The lowest BCUT2D eigenvalue weighted by Gasteiger charge is -2.36. The standard InChI is InChI=1S/C30H36N6O4/c1-39-26-9-7-24(8-10-26)27-11-12-28(32-31-27)34-15-17-35(18-16-34)29(37)23-36(14-13-33-19-21-40-22-20-33)30(38)25-5-3-2-4-6-25/h2-12H,13-23H2,1H3. The molecule has 0 N–H and O–H groups in total. The summed E-state index contributed by atoms with van der Waals surface area (Å²) in [5.74, 6) is 1.43. The Morgan fingerprint density at radius 2 is 1.60 bits per heavy atom. The van der Waals surface area contributed by atoms with Crippen molar-refractivity contribution in [2.75, 3.05) is 84.1 Å². The first-order chi connectivity index (χ1) is 19.6. The largest absolute Gasteiger partial charge is 0.497 e. The number of hydrogen-bond acceptors (Lipinski definition) is 8. The van der Waals surface area contributed by atoms with Gasteiger partial charge in [0.05, 0.1) is 26.0 Å². The molecule has 0 radical (unpaired) electrons. The second-order valence-corrected chi connectivity index (χ2v) is 9.92. The zero-order chi connectivity index (χ0) is 27.7. The molecule has 2 saturated heterocycles. The second-order valence-electron chi connectivity index (χ2n) is 9.92. The predicted molar refractivity (Wildman–Crippen MR) is 152 cm³/mol. The predicted octanol–water partition coefficient (Wildman–Crippen LogP) is 2.28. The maximum atomic E-state index is 13.3. The van der Waals surface area contributed by atoms with Gasteiger partial charge in [-0.3, -0.25) is 14.5 Å². The zero-order valence-electron chi connectivity index (χ0n) is 22.9. The summed E-state index contributed by atoms with van der Waals surface area (Å²) >= 11 is 0. The number of hydrogen-bond donors (Lipinski definition) is 0. The molecule has 0 unspecified atom stereocenters. The van der Waals surface area contributed by atoms with Crippen molar-refractivity contribution in [3.63, 3.8) is 0 Å². The van der Waals surface area contributed by atoms with E-state index in [4.69, 9.17) is 9.47 Å². The summed E-state index contributed by atoms with van der Waals surface area (Å²) in [7, 11) is 1.64. The fraction of sp³-hybridized carbons (Fsp3) is 0.400. The van der Waals surface area contributed by atoms with Crippen LogP contribution in [0.3, 0.4) is 0 Å². The third-order valence-corrected chi connectivity index (χ3v) is 7.42. The Bertz CT molecular complexity index is 1240. The van der Waals surface area contributed by atoms with E-state index in [0.29, 0.717) is 58.0 Å². The number of ether oxygens (including phenoxy) is 2.